The number of carbonyl (C=O) groups is 1. The van der Waals surface area contributed by atoms with Gasteiger partial charge in [0.15, 0.2) is 6.61 Å². The van der Waals surface area contributed by atoms with Crippen molar-refractivity contribution in [2.24, 2.45) is 0 Å². The molecular formula is C21H28N4O3. The number of hydrogen-bond acceptors (Lipinski definition) is 6. The Kier molecular flexibility index (Phi) is 7.06. The lowest BCUT2D eigenvalue weighted by Crippen LogP contribution is -2.32. The van der Waals surface area contributed by atoms with Gasteiger partial charge in [0.2, 0.25) is 5.88 Å². The van der Waals surface area contributed by atoms with Gasteiger partial charge in [-0.1, -0.05) is 12.1 Å². The Bertz CT molecular complexity index is 791. The molecule has 1 saturated heterocycles. The van der Waals surface area contributed by atoms with E-state index in [9.17, 15) is 4.79 Å². The highest BCUT2D eigenvalue weighted by Crippen LogP contribution is 2.21. The van der Waals surface area contributed by atoms with Crippen molar-refractivity contribution in [1.82, 2.24) is 15.3 Å². The van der Waals surface area contributed by atoms with Crippen molar-refractivity contribution in [3.05, 3.63) is 41.7 Å². The lowest BCUT2D eigenvalue weighted by molar-refractivity contribution is -0.123. The molecule has 1 aromatic heterocycles. The summed E-state index contributed by atoms with van der Waals surface area (Å²) in [6.07, 6.45) is 3.66. The largest absolute Gasteiger partial charge is 0.484 e. The number of hydrogen-bond donors (Lipinski definition) is 1. The molecule has 1 aliphatic rings. The molecule has 0 atom stereocenters. The number of anilines is 1. The van der Waals surface area contributed by atoms with Crippen LogP contribution in [0.1, 0.15) is 30.7 Å². The first kappa shape index (κ1) is 19.9. The van der Waals surface area contributed by atoms with Crippen LogP contribution in [-0.4, -0.2) is 48.7 Å². The summed E-state index contributed by atoms with van der Waals surface area (Å²) in [7, 11) is 0. The van der Waals surface area contributed by atoms with Gasteiger partial charge in [0.25, 0.3) is 5.91 Å². The van der Waals surface area contributed by atoms with Gasteiger partial charge in [0.1, 0.15) is 24.0 Å². The molecule has 0 saturated carbocycles. The minimum atomic E-state index is -0.182. The molecular weight excluding hydrogens is 356 g/mol. The van der Waals surface area contributed by atoms with Crippen LogP contribution < -0.4 is 19.7 Å². The van der Waals surface area contributed by atoms with Gasteiger partial charge < -0.3 is 19.7 Å². The van der Waals surface area contributed by atoms with E-state index in [0.717, 1.165) is 24.5 Å². The standard InChI is InChI=1S/C21H28N4O3/c1-16-7-6-8-18(13-16)28-15-20(26)22-9-12-27-21-14-19(23-17(2)24-21)25-10-4-3-5-11-25/h6-8,13-14H,3-5,9-12,15H2,1-2H3,(H,22,26). The molecule has 1 N–H and O–H groups in total. The Morgan fingerprint density at radius 2 is 1.93 bits per heavy atom. The number of benzene rings is 1. The minimum Gasteiger partial charge on any atom is -0.484 e. The smallest absolute Gasteiger partial charge is 0.258 e. The zero-order valence-electron chi connectivity index (χ0n) is 16.6. The third-order valence-corrected chi connectivity index (χ3v) is 4.51. The van der Waals surface area contributed by atoms with E-state index in [1.165, 1.54) is 19.3 Å². The molecule has 0 spiro atoms. The number of carbonyl (C=O) groups excluding carboxylic acids is 1. The number of rotatable bonds is 8. The molecule has 1 aliphatic heterocycles. The lowest BCUT2D eigenvalue weighted by Gasteiger charge is -2.28. The highest BCUT2D eigenvalue weighted by Gasteiger charge is 2.14. The fourth-order valence-electron chi connectivity index (χ4n) is 3.14. The summed E-state index contributed by atoms with van der Waals surface area (Å²) in [6.45, 7) is 6.60. The molecule has 1 amide bonds. The van der Waals surface area contributed by atoms with Gasteiger partial charge in [-0.3, -0.25) is 4.79 Å². The van der Waals surface area contributed by atoms with Crippen molar-refractivity contribution in [2.75, 3.05) is 37.7 Å². The first-order valence-corrected chi connectivity index (χ1v) is 9.80. The fourth-order valence-corrected chi connectivity index (χ4v) is 3.14. The van der Waals surface area contributed by atoms with Crippen molar-refractivity contribution in [3.8, 4) is 11.6 Å². The molecule has 2 heterocycles. The van der Waals surface area contributed by atoms with Crippen molar-refractivity contribution in [1.29, 1.82) is 0 Å². The molecule has 1 aromatic carbocycles. The van der Waals surface area contributed by atoms with E-state index in [1.54, 1.807) is 0 Å². The molecule has 2 aromatic rings. The summed E-state index contributed by atoms with van der Waals surface area (Å²) in [4.78, 5) is 23.0. The van der Waals surface area contributed by atoms with Gasteiger partial charge in [-0.15, -0.1) is 0 Å². The second kappa shape index (κ2) is 9.92. The van der Waals surface area contributed by atoms with Gasteiger partial charge >= 0.3 is 0 Å². The normalized spacial score (nSPS) is 13.9. The summed E-state index contributed by atoms with van der Waals surface area (Å²) in [5.41, 5.74) is 1.09. The van der Waals surface area contributed by atoms with Crippen LogP contribution in [0.4, 0.5) is 5.82 Å². The van der Waals surface area contributed by atoms with E-state index in [0.29, 0.717) is 30.6 Å². The molecule has 0 unspecified atom stereocenters. The van der Waals surface area contributed by atoms with E-state index in [2.05, 4.69) is 20.2 Å². The number of aromatic nitrogens is 2. The summed E-state index contributed by atoms with van der Waals surface area (Å²) >= 11 is 0. The Labute approximate surface area is 166 Å². The summed E-state index contributed by atoms with van der Waals surface area (Å²) in [6, 6.07) is 9.49. The predicted octanol–water partition coefficient (Wildman–Crippen LogP) is 2.66. The van der Waals surface area contributed by atoms with E-state index in [-0.39, 0.29) is 12.5 Å². The summed E-state index contributed by atoms with van der Waals surface area (Å²) in [5, 5.41) is 2.79. The van der Waals surface area contributed by atoms with Crippen LogP contribution in [-0.2, 0) is 4.79 Å². The second-order valence-electron chi connectivity index (χ2n) is 6.96. The molecule has 0 radical (unpaired) electrons. The Morgan fingerprint density at radius 3 is 2.71 bits per heavy atom. The van der Waals surface area contributed by atoms with Gasteiger partial charge in [-0.25, -0.2) is 4.98 Å². The Morgan fingerprint density at radius 1 is 1.11 bits per heavy atom. The maximum Gasteiger partial charge on any atom is 0.258 e. The maximum atomic E-state index is 11.9. The van der Waals surface area contributed by atoms with E-state index in [4.69, 9.17) is 9.47 Å². The number of piperidine rings is 1. The molecule has 7 nitrogen and oxygen atoms in total. The van der Waals surface area contributed by atoms with Crippen molar-refractivity contribution >= 4 is 11.7 Å². The quantitative estimate of drug-likeness (QED) is 0.705. The zero-order valence-corrected chi connectivity index (χ0v) is 16.6. The molecule has 0 aliphatic carbocycles. The first-order chi connectivity index (χ1) is 13.6. The van der Waals surface area contributed by atoms with Gasteiger partial charge in [0, 0.05) is 19.2 Å². The van der Waals surface area contributed by atoms with Gasteiger partial charge in [0.05, 0.1) is 6.54 Å². The molecule has 150 valence electrons. The molecule has 7 heteroatoms. The van der Waals surface area contributed by atoms with Crippen LogP contribution in [0.5, 0.6) is 11.6 Å². The van der Waals surface area contributed by atoms with E-state index >= 15 is 0 Å². The molecule has 0 bridgehead atoms. The van der Waals surface area contributed by atoms with Crippen LogP contribution in [0.2, 0.25) is 0 Å². The van der Waals surface area contributed by atoms with Gasteiger partial charge in [-0.05, 0) is 50.8 Å². The van der Waals surface area contributed by atoms with Crippen LogP contribution in [0, 0.1) is 13.8 Å². The van der Waals surface area contributed by atoms with E-state index < -0.39 is 0 Å². The SMILES string of the molecule is Cc1cccc(OCC(=O)NCCOc2cc(N3CCCCC3)nc(C)n2)c1. The summed E-state index contributed by atoms with van der Waals surface area (Å²) < 4.78 is 11.2. The maximum absolute atomic E-state index is 11.9. The first-order valence-electron chi connectivity index (χ1n) is 9.80. The van der Waals surface area contributed by atoms with Gasteiger partial charge in [-0.2, -0.15) is 4.98 Å². The Hall–Kier alpha value is -2.83. The molecule has 3 rings (SSSR count). The topological polar surface area (TPSA) is 76.6 Å². The fraction of sp³-hybridized carbons (Fsp3) is 0.476. The lowest BCUT2D eigenvalue weighted by atomic mass is 10.1. The number of nitrogens with zero attached hydrogens (tertiary/aromatic N) is 3. The molecule has 28 heavy (non-hydrogen) atoms. The van der Waals surface area contributed by atoms with Crippen molar-refractivity contribution < 1.29 is 14.3 Å². The highest BCUT2D eigenvalue weighted by atomic mass is 16.5. The Balaban J connectivity index is 1.41. The third kappa shape index (κ3) is 6.11. The number of ether oxygens (including phenoxy) is 2. The van der Waals surface area contributed by atoms with Crippen LogP contribution in [0.25, 0.3) is 0 Å². The van der Waals surface area contributed by atoms with Crippen molar-refractivity contribution in [3.63, 3.8) is 0 Å². The average molecular weight is 384 g/mol. The summed E-state index contributed by atoms with van der Waals surface area (Å²) in [5.74, 6) is 2.65. The van der Waals surface area contributed by atoms with Crippen LogP contribution in [0.15, 0.2) is 30.3 Å². The second-order valence-corrected chi connectivity index (χ2v) is 6.96. The number of amides is 1. The predicted molar refractivity (Wildman–Crippen MR) is 108 cm³/mol. The average Bonchev–Trinajstić information content (AvgIpc) is 2.70. The highest BCUT2D eigenvalue weighted by molar-refractivity contribution is 5.77. The third-order valence-electron chi connectivity index (χ3n) is 4.51. The zero-order chi connectivity index (χ0) is 19.8. The molecule has 1 fully saturated rings. The van der Waals surface area contributed by atoms with Crippen LogP contribution >= 0.6 is 0 Å². The number of aryl methyl sites for hydroxylation is 2. The number of nitrogens with one attached hydrogen (secondary N) is 1. The minimum absolute atomic E-state index is 0.0187. The van der Waals surface area contributed by atoms with E-state index in [1.807, 2.05) is 44.2 Å². The monoisotopic (exact) mass is 384 g/mol. The van der Waals surface area contributed by atoms with Crippen molar-refractivity contribution in [2.45, 2.75) is 33.1 Å². The van der Waals surface area contributed by atoms with Crippen LogP contribution in [0.3, 0.4) is 0 Å².